The minimum absolute atomic E-state index is 0.159. The number of carboxylic acids is 1. The molecule has 2 rings (SSSR count). The van der Waals surface area contributed by atoms with E-state index in [4.69, 9.17) is 24.1 Å². The molecule has 19 heavy (non-hydrogen) atoms. The van der Waals surface area contributed by atoms with Crippen molar-refractivity contribution in [3.63, 3.8) is 0 Å². The Balaban J connectivity index is 2.13. The summed E-state index contributed by atoms with van der Waals surface area (Å²) in [7, 11) is 0. The van der Waals surface area contributed by atoms with Gasteiger partial charge in [0, 0.05) is 0 Å². The number of carbonyl (C=O) groups is 1. The third kappa shape index (κ3) is 4.11. The molecular weight excluding hydrogens is 252 g/mol. The molecule has 0 radical (unpaired) electrons. The van der Waals surface area contributed by atoms with Crippen LogP contribution >= 0.6 is 0 Å². The van der Waals surface area contributed by atoms with E-state index in [0.717, 1.165) is 0 Å². The van der Waals surface area contributed by atoms with Crippen molar-refractivity contribution in [2.45, 2.75) is 0 Å². The molecule has 1 aliphatic heterocycles. The van der Waals surface area contributed by atoms with E-state index in [1.165, 1.54) is 12.1 Å². The summed E-state index contributed by atoms with van der Waals surface area (Å²) >= 11 is 0. The first kappa shape index (κ1) is 13.6. The van der Waals surface area contributed by atoms with Crippen molar-refractivity contribution < 1.29 is 28.8 Å². The molecule has 1 aromatic carbocycles. The minimum Gasteiger partial charge on any atom is -0.487 e. The Labute approximate surface area is 110 Å². The molecule has 104 valence electrons. The Morgan fingerprint density at radius 2 is 1.47 bits per heavy atom. The SMILES string of the molecule is O=C(O)c1ccc2c(c1)OCCOCCOCCO2. The Morgan fingerprint density at radius 3 is 2.11 bits per heavy atom. The molecule has 0 amide bonds. The average molecular weight is 268 g/mol. The zero-order valence-corrected chi connectivity index (χ0v) is 10.5. The lowest BCUT2D eigenvalue weighted by Crippen LogP contribution is -2.16. The highest BCUT2D eigenvalue weighted by Crippen LogP contribution is 2.28. The lowest BCUT2D eigenvalue weighted by molar-refractivity contribution is 0.0223. The van der Waals surface area contributed by atoms with Gasteiger partial charge in [-0.15, -0.1) is 0 Å². The van der Waals surface area contributed by atoms with Gasteiger partial charge in [0.05, 0.1) is 32.0 Å². The molecule has 0 fully saturated rings. The van der Waals surface area contributed by atoms with Crippen LogP contribution in [0.25, 0.3) is 0 Å². The highest BCUT2D eigenvalue weighted by atomic mass is 16.6. The smallest absolute Gasteiger partial charge is 0.335 e. The van der Waals surface area contributed by atoms with Crippen molar-refractivity contribution in [2.75, 3.05) is 39.6 Å². The zero-order valence-electron chi connectivity index (χ0n) is 10.5. The molecular formula is C13H16O6. The molecule has 0 unspecified atom stereocenters. The van der Waals surface area contributed by atoms with Crippen molar-refractivity contribution in [1.82, 2.24) is 0 Å². The van der Waals surface area contributed by atoms with E-state index < -0.39 is 5.97 Å². The number of hydrogen-bond acceptors (Lipinski definition) is 5. The maximum absolute atomic E-state index is 10.9. The Bertz CT molecular complexity index is 431. The number of benzene rings is 1. The standard InChI is InChI=1S/C13H16O6/c14-13(15)10-1-2-11-12(9-10)19-8-6-17-4-3-16-5-7-18-11/h1-2,9H,3-8H2,(H,14,15). The van der Waals surface area contributed by atoms with Gasteiger partial charge in [-0.25, -0.2) is 4.79 Å². The van der Waals surface area contributed by atoms with Crippen LogP contribution in [0.2, 0.25) is 0 Å². The molecule has 6 heteroatoms. The van der Waals surface area contributed by atoms with Crippen molar-refractivity contribution in [1.29, 1.82) is 0 Å². The predicted octanol–water partition coefficient (Wildman–Crippen LogP) is 1.19. The number of hydrogen-bond donors (Lipinski definition) is 1. The summed E-state index contributed by atoms with van der Waals surface area (Å²) in [6, 6.07) is 4.52. The molecule has 0 atom stereocenters. The van der Waals surface area contributed by atoms with E-state index in [-0.39, 0.29) is 5.56 Å². The van der Waals surface area contributed by atoms with Gasteiger partial charge in [-0.05, 0) is 18.2 Å². The van der Waals surface area contributed by atoms with Crippen LogP contribution in [0.4, 0.5) is 0 Å². The predicted molar refractivity (Wildman–Crippen MR) is 66.0 cm³/mol. The summed E-state index contributed by atoms with van der Waals surface area (Å²) in [4.78, 5) is 10.9. The van der Waals surface area contributed by atoms with Crippen LogP contribution in [0.5, 0.6) is 11.5 Å². The van der Waals surface area contributed by atoms with Gasteiger partial charge < -0.3 is 24.1 Å². The largest absolute Gasteiger partial charge is 0.487 e. The van der Waals surface area contributed by atoms with Crippen LogP contribution in [0.3, 0.4) is 0 Å². The first-order valence-electron chi connectivity index (χ1n) is 6.06. The van der Waals surface area contributed by atoms with E-state index in [1.807, 2.05) is 0 Å². The van der Waals surface area contributed by atoms with Crippen molar-refractivity contribution in [3.05, 3.63) is 23.8 Å². The molecule has 1 heterocycles. The van der Waals surface area contributed by atoms with Gasteiger partial charge in [0.15, 0.2) is 11.5 Å². The molecule has 0 aliphatic carbocycles. The molecule has 0 spiro atoms. The highest BCUT2D eigenvalue weighted by molar-refractivity contribution is 5.88. The fourth-order valence-electron chi connectivity index (χ4n) is 1.62. The third-order valence-electron chi connectivity index (χ3n) is 2.53. The number of carboxylic acid groups (broad SMARTS) is 1. The fourth-order valence-corrected chi connectivity index (χ4v) is 1.62. The van der Waals surface area contributed by atoms with Crippen molar-refractivity contribution in [2.24, 2.45) is 0 Å². The van der Waals surface area contributed by atoms with Crippen LogP contribution in [0.15, 0.2) is 18.2 Å². The van der Waals surface area contributed by atoms with E-state index in [2.05, 4.69) is 0 Å². The third-order valence-corrected chi connectivity index (χ3v) is 2.53. The van der Waals surface area contributed by atoms with Crippen LogP contribution in [0, 0.1) is 0 Å². The first-order chi connectivity index (χ1) is 9.27. The lowest BCUT2D eigenvalue weighted by atomic mass is 10.2. The summed E-state index contributed by atoms with van der Waals surface area (Å²) in [5.41, 5.74) is 0.159. The van der Waals surface area contributed by atoms with Gasteiger partial charge in [-0.3, -0.25) is 0 Å². The van der Waals surface area contributed by atoms with Gasteiger partial charge in [-0.2, -0.15) is 0 Å². The minimum atomic E-state index is -1.00. The van der Waals surface area contributed by atoms with Crippen LogP contribution in [-0.2, 0) is 9.47 Å². The van der Waals surface area contributed by atoms with E-state index in [0.29, 0.717) is 51.1 Å². The monoisotopic (exact) mass is 268 g/mol. The Kier molecular flexibility index (Phi) is 5.00. The number of rotatable bonds is 1. The maximum Gasteiger partial charge on any atom is 0.335 e. The second-order valence-corrected chi connectivity index (χ2v) is 3.89. The maximum atomic E-state index is 10.9. The number of aromatic carboxylic acids is 1. The Hall–Kier alpha value is -1.79. The number of fused-ring (bicyclic) bond motifs is 1. The summed E-state index contributed by atoms with van der Waals surface area (Å²) in [6.07, 6.45) is 0. The molecule has 0 saturated heterocycles. The van der Waals surface area contributed by atoms with Crippen LogP contribution < -0.4 is 9.47 Å². The fraction of sp³-hybridized carbons (Fsp3) is 0.462. The van der Waals surface area contributed by atoms with Crippen LogP contribution in [-0.4, -0.2) is 50.7 Å². The molecule has 0 aromatic heterocycles. The van der Waals surface area contributed by atoms with E-state index in [9.17, 15) is 4.79 Å². The normalized spacial score (nSPS) is 17.1. The molecule has 0 saturated carbocycles. The second kappa shape index (κ2) is 6.96. The van der Waals surface area contributed by atoms with E-state index >= 15 is 0 Å². The summed E-state index contributed by atoms with van der Waals surface area (Å²) in [5.74, 6) is -0.0876. The quantitative estimate of drug-likeness (QED) is 0.824. The molecule has 6 nitrogen and oxygen atoms in total. The van der Waals surface area contributed by atoms with Crippen LogP contribution in [0.1, 0.15) is 10.4 Å². The summed E-state index contributed by atoms with van der Waals surface area (Å²) in [6.45, 7) is 2.60. The van der Waals surface area contributed by atoms with Gasteiger partial charge in [0.1, 0.15) is 13.2 Å². The first-order valence-corrected chi connectivity index (χ1v) is 6.06. The number of ether oxygens (including phenoxy) is 4. The molecule has 0 bridgehead atoms. The van der Waals surface area contributed by atoms with Gasteiger partial charge in [0.2, 0.25) is 0 Å². The molecule has 1 aromatic rings. The Morgan fingerprint density at radius 1 is 0.895 bits per heavy atom. The van der Waals surface area contributed by atoms with E-state index in [1.54, 1.807) is 6.07 Å². The topological polar surface area (TPSA) is 74.2 Å². The van der Waals surface area contributed by atoms with Gasteiger partial charge in [-0.1, -0.05) is 0 Å². The second-order valence-electron chi connectivity index (χ2n) is 3.89. The zero-order chi connectivity index (χ0) is 13.5. The average Bonchev–Trinajstić information content (AvgIpc) is 2.39. The summed E-state index contributed by atoms with van der Waals surface area (Å²) < 4.78 is 21.6. The molecule has 1 N–H and O–H groups in total. The van der Waals surface area contributed by atoms with Crippen molar-refractivity contribution in [3.8, 4) is 11.5 Å². The lowest BCUT2D eigenvalue weighted by Gasteiger charge is -2.15. The van der Waals surface area contributed by atoms with Gasteiger partial charge in [0.25, 0.3) is 0 Å². The highest BCUT2D eigenvalue weighted by Gasteiger charge is 2.11. The van der Waals surface area contributed by atoms with Crippen molar-refractivity contribution >= 4 is 5.97 Å². The van der Waals surface area contributed by atoms with Gasteiger partial charge >= 0.3 is 5.97 Å². The molecule has 1 aliphatic rings. The summed E-state index contributed by atoms with van der Waals surface area (Å²) in [5, 5.41) is 8.95.